The fourth-order valence-electron chi connectivity index (χ4n) is 2.07. The molecule has 1 fully saturated rings. The summed E-state index contributed by atoms with van der Waals surface area (Å²) in [5.41, 5.74) is 5.19. The summed E-state index contributed by atoms with van der Waals surface area (Å²) in [4.78, 5) is 10.8. The monoisotopic (exact) mass is 185 g/mol. The van der Waals surface area contributed by atoms with Crippen LogP contribution in [0.2, 0.25) is 0 Å². The molecule has 0 aromatic carbocycles. The van der Waals surface area contributed by atoms with Crippen molar-refractivity contribution in [3.05, 3.63) is 0 Å². The number of rotatable bonds is 2. The van der Waals surface area contributed by atoms with Crippen LogP contribution in [-0.2, 0) is 9.53 Å². The fraction of sp³-hybridized carbons (Fsp3) is 0.900. The van der Waals surface area contributed by atoms with Crippen LogP contribution in [0.4, 0.5) is 0 Å². The van der Waals surface area contributed by atoms with Gasteiger partial charge in [-0.2, -0.15) is 0 Å². The van der Waals surface area contributed by atoms with E-state index in [1.54, 1.807) is 0 Å². The van der Waals surface area contributed by atoms with Crippen LogP contribution in [0, 0.1) is 5.92 Å². The maximum absolute atomic E-state index is 10.8. The van der Waals surface area contributed by atoms with Crippen molar-refractivity contribution >= 4 is 5.97 Å². The molecule has 1 aliphatic rings. The van der Waals surface area contributed by atoms with Crippen LogP contribution in [-0.4, -0.2) is 11.7 Å². The third kappa shape index (κ3) is 2.99. The number of hydrogen-bond acceptors (Lipinski definition) is 3. The zero-order valence-electron chi connectivity index (χ0n) is 8.51. The number of hydrogen-bond donors (Lipinski definition) is 1. The lowest BCUT2D eigenvalue weighted by atomic mass is 9.82. The molecular formula is C10H19NO2. The molecule has 76 valence electrons. The van der Waals surface area contributed by atoms with E-state index in [0.29, 0.717) is 5.92 Å². The summed E-state index contributed by atoms with van der Waals surface area (Å²) in [7, 11) is 0. The predicted molar refractivity (Wildman–Crippen MR) is 50.9 cm³/mol. The molecule has 0 bridgehead atoms. The van der Waals surface area contributed by atoms with E-state index in [9.17, 15) is 4.79 Å². The SMILES string of the molecule is CC(=O)OC(C)(N)C1CCCCC1. The van der Waals surface area contributed by atoms with Crippen molar-refractivity contribution in [1.82, 2.24) is 0 Å². The predicted octanol–water partition coefficient (Wildman–Crippen LogP) is 1.80. The van der Waals surface area contributed by atoms with Crippen LogP contribution in [0.3, 0.4) is 0 Å². The lowest BCUT2D eigenvalue weighted by Crippen LogP contribution is -2.48. The van der Waals surface area contributed by atoms with Crippen LogP contribution < -0.4 is 5.73 Å². The molecule has 1 saturated carbocycles. The molecular weight excluding hydrogens is 166 g/mol. The van der Waals surface area contributed by atoms with Gasteiger partial charge in [-0.25, -0.2) is 0 Å². The van der Waals surface area contributed by atoms with Crippen LogP contribution >= 0.6 is 0 Å². The number of esters is 1. The van der Waals surface area contributed by atoms with Gasteiger partial charge in [0.15, 0.2) is 5.72 Å². The molecule has 0 aliphatic heterocycles. The summed E-state index contributed by atoms with van der Waals surface area (Å²) >= 11 is 0. The minimum absolute atomic E-state index is 0.282. The summed E-state index contributed by atoms with van der Waals surface area (Å²) in [5, 5.41) is 0. The summed E-state index contributed by atoms with van der Waals surface area (Å²) in [6.07, 6.45) is 5.87. The Kier molecular flexibility index (Phi) is 3.31. The molecule has 3 heteroatoms. The lowest BCUT2D eigenvalue weighted by Gasteiger charge is -2.35. The zero-order valence-corrected chi connectivity index (χ0v) is 8.51. The fourth-order valence-corrected chi connectivity index (χ4v) is 2.07. The minimum atomic E-state index is -0.758. The van der Waals surface area contributed by atoms with Gasteiger partial charge in [-0.05, 0) is 19.8 Å². The minimum Gasteiger partial charge on any atom is -0.444 e. The summed E-state index contributed by atoms with van der Waals surface area (Å²) in [6, 6.07) is 0. The Morgan fingerprint density at radius 3 is 2.38 bits per heavy atom. The highest BCUT2D eigenvalue weighted by molar-refractivity contribution is 5.66. The summed E-state index contributed by atoms with van der Waals surface area (Å²) in [5.74, 6) is 0.0562. The molecule has 1 aliphatic carbocycles. The Labute approximate surface area is 79.6 Å². The maximum Gasteiger partial charge on any atom is 0.304 e. The zero-order chi connectivity index (χ0) is 9.90. The highest BCUT2D eigenvalue weighted by Gasteiger charge is 2.33. The molecule has 1 rings (SSSR count). The van der Waals surface area contributed by atoms with Gasteiger partial charge in [-0.1, -0.05) is 19.3 Å². The molecule has 0 amide bonds. The molecule has 3 nitrogen and oxygen atoms in total. The molecule has 13 heavy (non-hydrogen) atoms. The number of nitrogens with two attached hydrogens (primary N) is 1. The van der Waals surface area contributed by atoms with Gasteiger partial charge >= 0.3 is 5.97 Å². The number of carbonyl (C=O) groups is 1. The normalized spacial score (nSPS) is 23.6. The Bertz CT molecular complexity index is 183. The van der Waals surface area contributed by atoms with E-state index in [4.69, 9.17) is 10.5 Å². The molecule has 0 heterocycles. The smallest absolute Gasteiger partial charge is 0.304 e. The van der Waals surface area contributed by atoms with E-state index in [0.717, 1.165) is 12.8 Å². The van der Waals surface area contributed by atoms with E-state index < -0.39 is 5.72 Å². The standard InChI is InChI=1S/C10H19NO2/c1-8(12)13-10(2,11)9-6-4-3-5-7-9/h9H,3-7,11H2,1-2H3. The van der Waals surface area contributed by atoms with Gasteiger partial charge < -0.3 is 4.74 Å². The van der Waals surface area contributed by atoms with Crippen molar-refractivity contribution in [3.63, 3.8) is 0 Å². The van der Waals surface area contributed by atoms with Gasteiger partial charge in [0.1, 0.15) is 0 Å². The van der Waals surface area contributed by atoms with Gasteiger partial charge in [-0.3, -0.25) is 10.5 Å². The highest BCUT2D eigenvalue weighted by atomic mass is 16.6. The van der Waals surface area contributed by atoms with E-state index in [1.807, 2.05) is 6.92 Å². The molecule has 2 N–H and O–H groups in total. The average Bonchev–Trinajstić information content (AvgIpc) is 2.04. The van der Waals surface area contributed by atoms with Crippen molar-refractivity contribution in [1.29, 1.82) is 0 Å². The topological polar surface area (TPSA) is 52.3 Å². The second kappa shape index (κ2) is 4.09. The van der Waals surface area contributed by atoms with Crippen LogP contribution in [0.1, 0.15) is 46.0 Å². The Hall–Kier alpha value is -0.570. The highest BCUT2D eigenvalue weighted by Crippen LogP contribution is 2.31. The van der Waals surface area contributed by atoms with Gasteiger partial charge in [-0.15, -0.1) is 0 Å². The summed E-state index contributed by atoms with van der Waals surface area (Å²) in [6.45, 7) is 3.22. The lowest BCUT2D eigenvalue weighted by molar-refractivity contribution is -0.161. The number of carbonyl (C=O) groups excluding carboxylic acids is 1. The first-order chi connectivity index (χ1) is 6.02. The van der Waals surface area contributed by atoms with Gasteiger partial charge in [0.2, 0.25) is 0 Å². The average molecular weight is 185 g/mol. The molecule has 0 aromatic heterocycles. The third-order valence-corrected chi connectivity index (χ3v) is 2.78. The molecule has 0 aromatic rings. The Balaban J connectivity index is 2.50. The van der Waals surface area contributed by atoms with Gasteiger partial charge in [0.05, 0.1) is 0 Å². The molecule has 1 atom stereocenters. The molecule has 0 radical (unpaired) electrons. The van der Waals surface area contributed by atoms with Gasteiger partial charge in [0.25, 0.3) is 0 Å². The van der Waals surface area contributed by atoms with Crippen molar-refractivity contribution in [2.75, 3.05) is 0 Å². The second-order valence-corrected chi connectivity index (χ2v) is 4.11. The van der Waals surface area contributed by atoms with Crippen LogP contribution in [0.15, 0.2) is 0 Å². The quantitative estimate of drug-likeness (QED) is 0.527. The van der Waals surface area contributed by atoms with E-state index in [-0.39, 0.29) is 5.97 Å². The molecule has 1 unspecified atom stereocenters. The Morgan fingerprint density at radius 2 is 1.92 bits per heavy atom. The van der Waals surface area contributed by atoms with Crippen LogP contribution in [0.25, 0.3) is 0 Å². The van der Waals surface area contributed by atoms with Crippen LogP contribution in [0.5, 0.6) is 0 Å². The first kappa shape index (κ1) is 10.5. The largest absolute Gasteiger partial charge is 0.444 e. The van der Waals surface area contributed by atoms with Gasteiger partial charge in [0, 0.05) is 12.8 Å². The van der Waals surface area contributed by atoms with Crippen molar-refractivity contribution in [2.24, 2.45) is 11.7 Å². The maximum atomic E-state index is 10.8. The molecule has 0 spiro atoms. The second-order valence-electron chi connectivity index (χ2n) is 4.11. The van der Waals surface area contributed by atoms with Crippen molar-refractivity contribution in [3.8, 4) is 0 Å². The summed E-state index contributed by atoms with van der Waals surface area (Å²) < 4.78 is 5.12. The first-order valence-electron chi connectivity index (χ1n) is 5.01. The first-order valence-corrected chi connectivity index (χ1v) is 5.01. The van der Waals surface area contributed by atoms with E-state index >= 15 is 0 Å². The van der Waals surface area contributed by atoms with Crippen molar-refractivity contribution < 1.29 is 9.53 Å². The Morgan fingerprint density at radius 1 is 1.38 bits per heavy atom. The molecule has 0 saturated heterocycles. The van der Waals surface area contributed by atoms with E-state index in [2.05, 4.69) is 0 Å². The number of ether oxygens (including phenoxy) is 1. The van der Waals surface area contributed by atoms with Crippen molar-refractivity contribution in [2.45, 2.75) is 51.7 Å². The third-order valence-electron chi connectivity index (χ3n) is 2.78. The van der Waals surface area contributed by atoms with E-state index in [1.165, 1.54) is 26.2 Å².